The highest BCUT2D eigenvalue weighted by Gasteiger charge is 2.19. The van der Waals surface area contributed by atoms with Crippen molar-refractivity contribution in [2.75, 3.05) is 11.3 Å². The molecular weight excluding hydrogens is 295 g/mol. The summed E-state index contributed by atoms with van der Waals surface area (Å²) in [5.41, 5.74) is 0.707. The number of anilines is 1. The molecule has 2 aromatic rings. The maximum atomic E-state index is 13.4. The van der Waals surface area contributed by atoms with Crippen LogP contribution in [0.2, 0.25) is 0 Å². The van der Waals surface area contributed by atoms with Gasteiger partial charge in [0, 0.05) is 6.54 Å². The van der Waals surface area contributed by atoms with E-state index in [4.69, 9.17) is 0 Å². The number of nitrogens with one attached hydrogen (secondary N) is 2. The quantitative estimate of drug-likeness (QED) is 0.845. The summed E-state index contributed by atoms with van der Waals surface area (Å²) in [4.78, 5) is 7.35. The normalized spacial score (nSPS) is 11.3. The minimum absolute atomic E-state index is 0.104. The zero-order valence-electron chi connectivity index (χ0n) is 11.4. The first-order chi connectivity index (χ1) is 10.0. The Kier molecular flexibility index (Phi) is 4.81. The van der Waals surface area contributed by atoms with Crippen LogP contribution in [0.1, 0.15) is 12.5 Å². The molecule has 0 aliphatic carbocycles. The van der Waals surface area contributed by atoms with Crippen molar-refractivity contribution in [2.45, 2.75) is 18.4 Å². The predicted octanol–water partition coefficient (Wildman–Crippen LogP) is 1.53. The Bertz CT molecular complexity index is 707. The van der Waals surface area contributed by atoms with Gasteiger partial charge in [-0.3, -0.25) is 4.72 Å². The molecule has 1 heterocycles. The van der Waals surface area contributed by atoms with E-state index in [2.05, 4.69) is 20.0 Å². The van der Waals surface area contributed by atoms with E-state index in [0.717, 1.165) is 6.07 Å². The Balaban J connectivity index is 2.36. The average Bonchev–Trinajstić information content (AvgIpc) is 2.46. The van der Waals surface area contributed by atoms with Gasteiger partial charge in [-0.05, 0) is 24.2 Å². The van der Waals surface area contributed by atoms with Crippen LogP contribution in [0, 0.1) is 5.82 Å². The molecule has 0 unspecified atom stereocenters. The zero-order chi connectivity index (χ0) is 15.3. The van der Waals surface area contributed by atoms with Crippen molar-refractivity contribution in [2.24, 2.45) is 0 Å². The smallest absolute Gasteiger partial charge is 0.262 e. The van der Waals surface area contributed by atoms with Crippen molar-refractivity contribution in [3.8, 4) is 0 Å². The molecule has 0 aliphatic heterocycles. The van der Waals surface area contributed by atoms with E-state index in [-0.39, 0.29) is 10.6 Å². The summed E-state index contributed by atoms with van der Waals surface area (Å²) in [6, 6.07) is 3.68. The van der Waals surface area contributed by atoms with Crippen LogP contribution in [0.15, 0.2) is 41.8 Å². The van der Waals surface area contributed by atoms with E-state index in [1.807, 2.05) is 6.92 Å². The molecule has 0 radical (unpaired) electrons. The highest BCUT2D eigenvalue weighted by molar-refractivity contribution is 7.92. The van der Waals surface area contributed by atoms with E-state index in [0.29, 0.717) is 18.7 Å². The van der Waals surface area contributed by atoms with Gasteiger partial charge in [-0.25, -0.2) is 22.8 Å². The Morgan fingerprint density at radius 1 is 1.24 bits per heavy atom. The van der Waals surface area contributed by atoms with Crippen molar-refractivity contribution >= 4 is 15.7 Å². The molecule has 0 saturated heterocycles. The maximum absolute atomic E-state index is 13.4. The van der Waals surface area contributed by atoms with E-state index >= 15 is 0 Å². The summed E-state index contributed by atoms with van der Waals surface area (Å²) < 4.78 is 40.5. The van der Waals surface area contributed by atoms with Crippen LogP contribution in [-0.2, 0) is 16.6 Å². The third-order valence-electron chi connectivity index (χ3n) is 2.70. The topological polar surface area (TPSA) is 84.0 Å². The van der Waals surface area contributed by atoms with E-state index in [1.165, 1.54) is 30.9 Å². The second-order valence-electron chi connectivity index (χ2n) is 4.27. The molecule has 0 saturated carbocycles. The van der Waals surface area contributed by atoms with Crippen molar-refractivity contribution in [3.63, 3.8) is 0 Å². The molecule has 112 valence electrons. The summed E-state index contributed by atoms with van der Waals surface area (Å²) in [7, 11) is -3.91. The lowest BCUT2D eigenvalue weighted by atomic mass is 10.2. The highest BCUT2D eigenvalue weighted by atomic mass is 32.2. The Morgan fingerprint density at radius 3 is 2.62 bits per heavy atom. The number of rotatable bonds is 6. The first-order valence-electron chi connectivity index (χ1n) is 6.30. The molecule has 21 heavy (non-hydrogen) atoms. The SMILES string of the molecule is CCNCc1ccc(F)cc1S(=O)(=O)Nc1cncnc1. The molecule has 0 amide bonds. The third-order valence-corrected chi connectivity index (χ3v) is 4.16. The number of aromatic nitrogens is 2. The van der Waals surface area contributed by atoms with Gasteiger partial charge in [-0.1, -0.05) is 13.0 Å². The Hall–Kier alpha value is -2.06. The van der Waals surface area contributed by atoms with Gasteiger partial charge in [0.25, 0.3) is 10.0 Å². The molecular formula is C13H15FN4O2S. The lowest BCUT2D eigenvalue weighted by Crippen LogP contribution is -2.19. The van der Waals surface area contributed by atoms with Gasteiger partial charge >= 0.3 is 0 Å². The van der Waals surface area contributed by atoms with Crippen molar-refractivity contribution < 1.29 is 12.8 Å². The van der Waals surface area contributed by atoms with Gasteiger partial charge in [0.05, 0.1) is 23.0 Å². The van der Waals surface area contributed by atoms with Gasteiger partial charge in [-0.2, -0.15) is 0 Å². The van der Waals surface area contributed by atoms with Gasteiger partial charge < -0.3 is 5.32 Å². The van der Waals surface area contributed by atoms with Gasteiger partial charge in [0.1, 0.15) is 12.1 Å². The first-order valence-corrected chi connectivity index (χ1v) is 7.78. The Morgan fingerprint density at radius 2 is 1.95 bits per heavy atom. The molecule has 8 heteroatoms. The molecule has 0 aliphatic rings. The molecule has 0 fully saturated rings. The van der Waals surface area contributed by atoms with E-state index in [9.17, 15) is 12.8 Å². The fourth-order valence-electron chi connectivity index (χ4n) is 1.75. The lowest BCUT2D eigenvalue weighted by Gasteiger charge is -2.12. The van der Waals surface area contributed by atoms with Crippen LogP contribution in [0.3, 0.4) is 0 Å². The van der Waals surface area contributed by atoms with Crippen molar-refractivity contribution in [1.29, 1.82) is 0 Å². The van der Waals surface area contributed by atoms with Gasteiger partial charge in [0.2, 0.25) is 0 Å². The lowest BCUT2D eigenvalue weighted by molar-refractivity contribution is 0.590. The number of sulfonamides is 1. The van der Waals surface area contributed by atoms with Crippen molar-refractivity contribution in [1.82, 2.24) is 15.3 Å². The molecule has 2 N–H and O–H groups in total. The number of nitrogens with zero attached hydrogens (tertiary/aromatic N) is 2. The second-order valence-corrected chi connectivity index (χ2v) is 5.92. The first kappa shape index (κ1) is 15.3. The third kappa shape index (κ3) is 3.96. The standard InChI is InChI=1S/C13H15FN4O2S/c1-2-15-6-10-3-4-11(14)5-13(10)21(19,20)18-12-7-16-9-17-8-12/h3-5,7-9,15,18H,2,6H2,1H3. The Labute approximate surface area is 122 Å². The van der Waals surface area contributed by atoms with Gasteiger partial charge in [0.15, 0.2) is 0 Å². The molecule has 0 bridgehead atoms. The largest absolute Gasteiger partial charge is 0.313 e. The molecule has 6 nitrogen and oxygen atoms in total. The molecule has 1 aromatic carbocycles. The van der Waals surface area contributed by atoms with Crippen LogP contribution in [0.25, 0.3) is 0 Å². The molecule has 1 aromatic heterocycles. The predicted molar refractivity (Wildman–Crippen MR) is 76.6 cm³/mol. The fourth-order valence-corrected chi connectivity index (χ4v) is 3.02. The fraction of sp³-hybridized carbons (Fsp3) is 0.231. The van der Waals surface area contributed by atoms with Crippen LogP contribution in [0.4, 0.5) is 10.1 Å². The van der Waals surface area contributed by atoms with Crippen LogP contribution in [-0.4, -0.2) is 24.9 Å². The van der Waals surface area contributed by atoms with E-state index < -0.39 is 15.8 Å². The summed E-state index contributed by atoms with van der Waals surface area (Å²) in [6.07, 6.45) is 3.94. The van der Waals surface area contributed by atoms with Gasteiger partial charge in [-0.15, -0.1) is 0 Å². The molecule has 0 spiro atoms. The number of hydrogen-bond acceptors (Lipinski definition) is 5. The summed E-state index contributed by atoms with van der Waals surface area (Å²) in [5.74, 6) is -0.611. The highest BCUT2D eigenvalue weighted by Crippen LogP contribution is 2.20. The molecule has 2 rings (SSSR count). The number of benzene rings is 1. The van der Waals surface area contributed by atoms with E-state index in [1.54, 1.807) is 0 Å². The monoisotopic (exact) mass is 310 g/mol. The summed E-state index contributed by atoms with van der Waals surface area (Å²) >= 11 is 0. The minimum Gasteiger partial charge on any atom is -0.313 e. The second kappa shape index (κ2) is 6.59. The average molecular weight is 310 g/mol. The number of halogens is 1. The summed E-state index contributed by atoms with van der Waals surface area (Å²) in [5, 5.41) is 3.02. The minimum atomic E-state index is -3.91. The van der Waals surface area contributed by atoms with Crippen molar-refractivity contribution in [3.05, 3.63) is 48.3 Å². The summed E-state index contributed by atoms with van der Waals surface area (Å²) in [6.45, 7) is 2.91. The van der Waals surface area contributed by atoms with Crippen LogP contribution >= 0.6 is 0 Å². The molecule has 0 atom stereocenters. The maximum Gasteiger partial charge on any atom is 0.262 e. The van der Waals surface area contributed by atoms with Crippen LogP contribution in [0.5, 0.6) is 0 Å². The zero-order valence-corrected chi connectivity index (χ0v) is 12.2. The number of hydrogen-bond donors (Lipinski definition) is 2. The van der Waals surface area contributed by atoms with Crippen LogP contribution < -0.4 is 10.0 Å².